The molecule has 0 aliphatic heterocycles. The second kappa shape index (κ2) is 4.75. The van der Waals surface area contributed by atoms with Gasteiger partial charge in [0.1, 0.15) is 0 Å². The maximum atomic E-state index is 11.9. The first-order chi connectivity index (χ1) is 8.51. The molecule has 0 spiro atoms. The molecule has 0 unspecified atom stereocenters. The Labute approximate surface area is 104 Å². The zero-order chi connectivity index (χ0) is 13.2. The summed E-state index contributed by atoms with van der Waals surface area (Å²) in [5.41, 5.74) is 6.29. The summed E-state index contributed by atoms with van der Waals surface area (Å²) >= 11 is 0. The maximum absolute atomic E-state index is 11.9. The van der Waals surface area contributed by atoms with Gasteiger partial charge in [0.05, 0.1) is 4.90 Å². The van der Waals surface area contributed by atoms with E-state index in [-0.39, 0.29) is 10.9 Å². The fourth-order valence-corrected chi connectivity index (χ4v) is 2.24. The van der Waals surface area contributed by atoms with Crippen molar-refractivity contribution < 1.29 is 12.9 Å². The zero-order valence-electron chi connectivity index (χ0n) is 9.62. The highest BCUT2D eigenvalue weighted by Crippen LogP contribution is 2.14. The van der Waals surface area contributed by atoms with Gasteiger partial charge in [0.2, 0.25) is 0 Å². The Morgan fingerprint density at radius 3 is 2.50 bits per heavy atom. The summed E-state index contributed by atoms with van der Waals surface area (Å²) in [7, 11) is -3.71. The summed E-state index contributed by atoms with van der Waals surface area (Å²) < 4.78 is 30.8. The van der Waals surface area contributed by atoms with Crippen molar-refractivity contribution in [3.8, 4) is 0 Å². The van der Waals surface area contributed by atoms with Gasteiger partial charge in [-0.15, -0.1) is 0 Å². The van der Waals surface area contributed by atoms with E-state index >= 15 is 0 Å². The quantitative estimate of drug-likeness (QED) is 0.841. The molecule has 2 rings (SSSR count). The van der Waals surface area contributed by atoms with Crippen LogP contribution in [0.2, 0.25) is 0 Å². The highest BCUT2D eigenvalue weighted by molar-refractivity contribution is 7.92. The average Bonchev–Trinajstić information content (AvgIpc) is 2.74. The second-order valence-electron chi connectivity index (χ2n) is 3.60. The van der Waals surface area contributed by atoms with E-state index < -0.39 is 10.0 Å². The van der Waals surface area contributed by atoms with Crippen LogP contribution >= 0.6 is 0 Å². The third-order valence-corrected chi connectivity index (χ3v) is 3.55. The Hall–Kier alpha value is -1.93. The summed E-state index contributed by atoms with van der Waals surface area (Å²) in [5, 5.41) is 3.49. The van der Waals surface area contributed by atoms with E-state index in [1.807, 2.05) is 0 Å². The molecule has 18 heavy (non-hydrogen) atoms. The number of hydrogen-bond acceptors (Lipinski definition) is 6. The Morgan fingerprint density at radius 1 is 1.33 bits per heavy atom. The number of aromatic nitrogens is 2. The molecule has 1 heterocycles. The minimum atomic E-state index is -3.71. The van der Waals surface area contributed by atoms with Crippen molar-refractivity contribution in [2.45, 2.75) is 18.4 Å². The molecule has 3 N–H and O–H groups in total. The van der Waals surface area contributed by atoms with Gasteiger partial charge in [-0.25, -0.2) is 13.1 Å². The topological polar surface area (TPSA) is 111 Å². The van der Waals surface area contributed by atoms with Crippen molar-refractivity contribution in [2.24, 2.45) is 5.73 Å². The molecule has 0 aliphatic rings. The molecule has 0 bridgehead atoms. The van der Waals surface area contributed by atoms with Crippen molar-refractivity contribution in [3.63, 3.8) is 0 Å². The molecule has 0 radical (unpaired) electrons. The second-order valence-corrected chi connectivity index (χ2v) is 5.28. The van der Waals surface area contributed by atoms with Crippen LogP contribution in [0.15, 0.2) is 33.7 Å². The minimum Gasteiger partial charge on any atom is -0.326 e. The fourth-order valence-electron chi connectivity index (χ4n) is 1.32. The van der Waals surface area contributed by atoms with Crippen molar-refractivity contribution in [1.29, 1.82) is 0 Å². The van der Waals surface area contributed by atoms with E-state index in [1.165, 1.54) is 12.1 Å². The van der Waals surface area contributed by atoms with E-state index in [0.717, 1.165) is 5.56 Å². The van der Waals surface area contributed by atoms with Crippen LogP contribution in [-0.2, 0) is 16.6 Å². The lowest BCUT2D eigenvalue weighted by Gasteiger charge is -2.04. The van der Waals surface area contributed by atoms with Gasteiger partial charge >= 0.3 is 6.01 Å². The molecule has 0 saturated carbocycles. The van der Waals surface area contributed by atoms with Gasteiger partial charge in [-0.2, -0.15) is 4.98 Å². The standard InChI is InChI=1S/C10H12N4O3S/c1-7-12-10(17-13-7)14-18(15,16)9-4-2-8(6-11)3-5-9/h2-5H,6,11H2,1H3,(H,12,13,14). The first kappa shape index (κ1) is 12.5. The molecule has 0 fully saturated rings. The van der Waals surface area contributed by atoms with Crippen LogP contribution in [0.4, 0.5) is 6.01 Å². The van der Waals surface area contributed by atoms with Crippen LogP contribution in [-0.4, -0.2) is 18.6 Å². The molecule has 0 saturated heterocycles. The lowest BCUT2D eigenvalue weighted by molar-refractivity contribution is 0.429. The number of hydrogen-bond donors (Lipinski definition) is 2. The molecular weight excluding hydrogens is 256 g/mol. The third-order valence-electron chi connectivity index (χ3n) is 2.22. The summed E-state index contributed by atoms with van der Waals surface area (Å²) in [4.78, 5) is 3.87. The summed E-state index contributed by atoms with van der Waals surface area (Å²) in [5.74, 6) is 0.353. The number of anilines is 1. The van der Waals surface area contributed by atoms with Crippen LogP contribution in [0.1, 0.15) is 11.4 Å². The molecule has 0 amide bonds. The van der Waals surface area contributed by atoms with Crippen LogP contribution in [0.5, 0.6) is 0 Å². The predicted molar refractivity (Wildman–Crippen MR) is 64.2 cm³/mol. The van der Waals surface area contributed by atoms with Crippen LogP contribution in [0.3, 0.4) is 0 Å². The van der Waals surface area contributed by atoms with Crippen molar-refractivity contribution >= 4 is 16.0 Å². The van der Waals surface area contributed by atoms with Crippen molar-refractivity contribution in [1.82, 2.24) is 10.1 Å². The number of nitrogens with two attached hydrogens (primary N) is 1. The van der Waals surface area contributed by atoms with Crippen LogP contribution in [0.25, 0.3) is 0 Å². The first-order valence-corrected chi connectivity index (χ1v) is 6.62. The van der Waals surface area contributed by atoms with E-state index in [2.05, 4.69) is 14.9 Å². The van der Waals surface area contributed by atoms with Gasteiger partial charge in [-0.1, -0.05) is 17.3 Å². The lowest BCUT2D eigenvalue weighted by atomic mass is 10.2. The molecule has 7 nitrogen and oxygen atoms in total. The molecule has 1 aromatic carbocycles. The van der Waals surface area contributed by atoms with Crippen molar-refractivity contribution in [3.05, 3.63) is 35.7 Å². The smallest absolute Gasteiger partial charge is 0.326 e. The number of aryl methyl sites for hydroxylation is 1. The Morgan fingerprint density at radius 2 is 2.00 bits per heavy atom. The molecule has 96 valence electrons. The Bertz CT molecular complexity index is 633. The fraction of sp³-hybridized carbons (Fsp3) is 0.200. The lowest BCUT2D eigenvalue weighted by Crippen LogP contribution is -2.13. The number of nitrogens with zero attached hydrogens (tertiary/aromatic N) is 2. The SMILES string of the molecule is Cc1noc(NS(=O)(=O)c2ccc(CN)cc2)n1. The third kappa shape index (κ3) is 2.66. The molecule has 8 heteroatoms. The Kier molecular flexibility index (Phi) is 3.30. The van der Waals surface area contributed by atoms with E-state index in [4.69, 9.17) is 10.3 Å². The van der Waals surface area contributed by atoms with Gasteiger partial charge in [-0.05, 0) is 24.6 Å². The largest absolute Gasteiger partial charge is 0.335 e. The van der Waals surface area contributed by atoms with Gasteiger partial charge in [0.15, 0.2) is 5.82 Å². The Balaban J connectivity index is 2.24. The van der Waals surface area contributed by atoms with Gasteiger partial charge in [0.25, 0.3) is 10.0 Å². The highest BCUT2D eigenvalue weighted by atomic mass is 32.2. The predicted octanol–water partition coefficient (Wildman–Crippen LogP) is 0.638. The van der Waals surface area contributed by atoms with Gasteiger partial charge in [0, 0.05) is 6.54 Å². The number of rotatable bonds is 4. The summed E-state index contributed by atoms with van der Waals surface area (Å²) in [6.45, 7) is 1.95. The van der Waals surface area contributed by atoms with E-state index in [0.29, 0.717) is 12.4 Å². The maximum Gasteiger partial charge on any atom is 0.335 e. The first-order valence-electron chi connectivity index (χ1n) is 5.13. The number of nitrogens with one attached hydrogen (secondary N) is 1. The monoisotopic (exact) mass is 268 g/mol. The molecule has 1 aromatic heterocycles. The van der Waals surface area contributed by atoms with Gasteiger partial charge < -0.3 is 10.3 Å². The van der Waals surface area contributed by atoms with Gasteiger partial charge in [-0.3, -0.25) is 0 Å². The van der Waals surface area contributed by atoms with Crippen LogP contribution < -0.4 is 10.5 Å². The molecule has 2 aromatic rings. The van der Waals surface area contributed by atoms with Crippen LogP contribution in [0, 0.1) is 6.92 Å². The minimum absolute atomic E-state index is 0.107. The van der Waals surface area contributed by atoms with E-state index in [9.17, 15) is 8.42 Å². The summed E-state index contributed by atoms with van der Waals surface area (Å²) in [6.07, 6.45) is 0. The number of sulfonamides is 1. The highest BCUT2D eigenvalue weighted by Gasteiger charge is 2.17. The zero-order valence-corrected chi connectivity index (χ0v) is 10.4. The normalized spacial score (nSPS) is 11.4. The number of benzene rings is 1. The average molecular weight is 268 g/mol. The molecular formula is C10H12N4O3S. The van der Waals surface area contributed by atoms with E-state index in [1.54, 1.807) is 19.1 Å². The summed E-state index contributed by atoms with van der Waals surface area (Å²) in [6, 6.07) is 6.07. The molecule has 0 aliphatic carbocycles. The molecule has 0 atom stereocenters. The van der Waals surface area contributed by atoms with Crippen molar-refractivity contribution in [2.75, 3.05) is 4.72 Å².